The number of hydrogen-bond acceptors (Lipinski definition) is 5. The van der Waals surface area contributed by atoms with Gasteiger partial charge in [0.25, 0.3) is 0 Å². The number of hydrogen-bond donors (Lipinski definition) is 1. The lowest BCUT2D eigenvalue weighted by Gasteiger charge is -2.27. The maximum atomic E-state index is 11.6. The van der Waals surface area contributed by atoms with Crippen molar-refractivity contribution in [2.45, 2.75) is 78.4 Å². The summed E-state index contributed by atoms with van der Waals surface area (Å²) in [5, 5.41) is 14.3. The van der Waals surface area contributed by atoms with Gasteiger partial charge in [0.15, 0.2) is 0 Å². The molecule has 0 aromatic carbocycles. The Morgan fingerprint density at radius 2 is 1.74 bits per heavy atom. The number of aliphatic hydroxyl groups excluding tert-OH is 1. The van der Waals surface area contributed by atoms with Crippen LogP contribution in [0.2, 0.25) is 0 Å². The second kappa shape index (κ2) is 9.28. The van der Waals surface area contributed by atoms with Gasteiger partial charge in [-0.3, -0.25) is 4.89 Å². The summed E-state index contributed by atoms with van der Waals surface area (Å²) in [7, 11) is 0. The molecular formula is C14H28O5. The van der Waals surface area contributed by atoms with Crippen LogP contribution in [-0.2, 0) is 19.6 Å². The van der Waals surface area contributed by atoms with Crippen molar-refractivity contribution in [3.8, 4) is 0 Å². The van der Waals surface area contributed by atoms with E-state index < -0.39 is 17.7 Å². The Morgan fingerprint density at radius 3 is 2.16 bits per heavy atom. The Kier molecular flexibility index (Phi) is 8.97. The smallest absolute Gasteiger partial charge is 0.348 e. The second-order valence-corrected chi connectivity index (χ2v) is 5.14. The van der Waals surface area contributed by atoms with E-state index in [1.54, 1.807) is 0 Å². The molecule has 0 spiro atoms. The first-order valence-electron chi connectivity index (χ1n) is 7.16. The van der Waals surface area contributed by atoms with Gasteiger partial charge >= 0.3 is 5.97 Å². The van der Waals surface area contributed by atoms with Crippen LogP contribution in [0.4, 0.5) is 0 Å². The highest BCUT2D eigenvalue weighted by Gasteiger charge is 2.29. The summed E-state index contributed by atoms with van der Waals surface area (Å²) in [6, 6.07) is 0. The summed E-state index contributed by atoms with van der Waals surface area (Å²) in [5.41, 5.74) is -0.663. The minimum atomic E-state index is -0.663. The highest BCUT2D eigenvalue weighted by molar-refractivity contribution is 5.71. The Balaban J connectivity index is 4.17. The van der Waals surface area contributed by atoms with Gasteiger partial charge in [0.1, 0.15) is 5.60 Å². The van der Waals surface area contributed by atoms with Crippen LogP contribution >= 0.6 is 0 Å². The summed E-state index contributed by atoms with van der Waals surface area (Å²) in [5.74, 6) is -0.586. The maximum absolute atomic E-state index is 11.6. The third-order valence-corrected chi connectivity index (χ3v) is 3.56. The van der Waals surface area contributed by atoms with Crippen molar-refractivity contribution in [3.05, 3.63) is 0 Å². The first-order chi connectivity index (χ1) is 8.92. The Labute approximate surface area is 116 Å². The fraction of sp³-hybridized carbons (Fsp3) is 0.929. The van der Waals surface area contributed by atoms with Gasteiger partial charge in [-0.15, -0.1) is 0 Å². The van der Waals surface area contributed by atoms with E-state index in [1.807, 2.05) is 34.6 Å². The Hall–Kier alpha value is -0.650. The minimum Gasteiger partial charge on any atom is -0.393 e. The monoisotopic (exact) mass is 276 g/mol. The summed E-state index contributed by atoms with van der Waals surface area (Å²) in [4.78, 5) is 21.4. The molecule has 2 atom stereocenters. The van der Waals surface area contributed by atoms with Gasteiger partial charge in [-0.25, -0.2) is 4.79 Å². The van der Waals surface area contributed by atoms with Crippen LogP contribution in [0.3, 0.4) is 0 Å². The van der Waals surface area contributed by atoms with Crippen LogP contribution in [-0.4, -0.2) is 22.8 Å². The fourth-order valence-corrected chi connectivity index (χ4v) is 1.70. The first kappa shape index (κ1) is 18.4. The second-order valence-electron chi connectivity index (χ2n) is 5.14. The molecule has 5 nitrogen and oxygen atoms in total. The number of carbonyl (C=O) groups excluding carboxylic acids is 1. The summed E-state index contributed by atoms with van der Waals surface area (Å²) in [6.45, 7) is 9.48. The summed E-state index contributed by atoms with van der Waals surface area (Å²) >= 11 is 0. The highest BCUT2D eigenvalue weighted by atomic mass is 17.5. The predicted octanol–water partition coefficient (Wildman–Crippen LogP) is 3.16. The molecule has 0 rings (SSSR count). The first-order valence-corrected chi connectivity index (χ1v) is 7.16. The predicted molar refractivity (Wildman–Crippen MR) is 71.9 cm³/mol. The fourth-order valence-electron chi connectivity index (χ4n) is 1.70. The van der Waals surface area contributed by atoms with Crippen LogP contribution in [0.25, 0.3) is 0 Å². The van der Waals surface area contributed by atoms with Gasteiger partial charge < -0.3 is 5.11 Å². The average molecular weight is 276 g/mol. The molecule has 19 heavy (non-hydrogen) atoms. The van der Waals surface area contributed by atoms with Gasteiger partial charge in [-0.2, -0.15) is 4.89 Å². The van der Waals surface area contributed by atoms with Crippen molar-refractivity contribution < 1.29 is 24.7 Å². The van der Waals surface area contributed by atoms with Crippen LogP contribution in [0.1, 0.15) is 66.7 Å². The molecule has 0 amide bonds. The number of aliphatic hydroxyl groups is 1. The maximum Gasteiger partial charge on any atom is 0.348 e. The Morgan fingerprint density at radius 1 is 1.16 bits per heavy atom. The zero-order valence-electron chi connectivity index (χ0n) is 12.8. The van der Waals surface area contributed by atoms with E-state index in [9.17, 15) is 9.90 Å². The molecule has 0 fully saturated rings. The van der Waals surface area contributed by atoms with Crippen molar-refractivity contribution >= 4 is 5.97 Å². The lowest BCUT2D eigenvalue weighted by atomic mass is 9.95. The zero-order valence-corrected chi connectivity index (χ0v) is 12.8. The molecule has 5 heteroatoms. The van der Waals surface area contributed by atoms with Gasteiger partial charge in [-0.1, -0.05) is 27.7 Å². The van der Waals surface area contributed by atoms with E-state index in [-0.39, 0.29) is 5.92 Å². The summed E-state index contributed by atoms with van der Waals surface area (Å²) in [6.07, 6.45) is 2.68. The van der Waals surface area contributed by atoms with Crippen LogP contribution in [0.15, 0.2) is 0 Å². The van der Waals surface area contributed by atoms with E-state index in [0.717, 1.165) is 0 Å². The molecule has 0 radical (unpaired) electrons. The molecule has 0 saturated carbocycles. The Bertz CT molecular complexity index is 252. The van der Waals surface area contributed by atoms with Crippen molar-refractivity contribution in [1.82, 2.24) is 0 Å². The molecule has 1 N–H and O–H groups in total. The van der Waals surface area contributed by atoms with E-state index in [4.69, 9.17) is 4.89 Å². The summed E-state index contributed by atoms with van der Waals surface area (Å²) < 4.78 is 0. The molecule has 0 aromatic rings. The van der Waals surface area contributed by atoms with E-state index in [0.29, 0.717) is 32.1 Å². The van der Waals surface area contributed by atoms with Crippen molar-refractivity contribution in [1.29, 1.82) is 0 Å². The largest absolute Gasteiger partial charge is 0.393 e. The minimum absolute atomic E-state index is 0.169. The van der Waals surface area contributed by atoms with E-state index in [2.05, 4.69) is 9.93 Å². The SMILES string of the molecule is CCC(O)CC(C)(CC)OOOC(=O)C(CC)CC. The van der Waals surface area contributed by atoms with Gasteiger partial charge in [0.2, 0.25) is 0 Å². The van der Waals surface area contributed by atoms with Crippen LogP contribution in [0.5, 0.6) is 0 Å². The third-order valence-electron chi connectivity index (χ3n) is 3.56. The van der Waals surface area contributed by atoms with E-state index >= 15 is 0 Å². The standard InChI is InChI=1S/C14H28O5/c1-6-11(7-2)13(16)17-19-18-14(5,9-4)10-12(15)8-3/h11-12,15H,6-10H2,1-5H3. The number of rotatable bonds is 10. The van der Waals surface area contributed by atoms with Gasteiger partial charge in [0, 0.05) is 6.42 Å². The quantitative estimate of drug-likeness (QED) is 0.490. The van der Waals surface area contributed by atoms with Crippen LogP contribution in [0, 0.1) is 5.92 Å². The molecule has 2 unspecified atom stereocenters. The lowest BCUT2D eigenvalue weighted by Crippen LogP contribution is -2.33. The van der Waals surface area contributed by atoms with Crippen LogP contribution < -0.4 is 0 Å². The van der Waals surface area contributed by atoms with Gasteiger partial charge in [0.05, 0.1) is 12.0 Å². The molecule has 0 heterocycles. The average Bonchev–Trinajstić information content (AvgIpc) is 2.40. The lowest BCUT2D eigenvalue weighted by molar-refractivity contribution is -0.521. The topological polar surface area (TPSA) is 65.0 Å². The molecule has 114 valence electrons. The van der Waals surface area contributed by atoms with Gasteiger partial charge in [-0.05, 0) is 37.6 Å². The molecule has 0 aliphatic carbocycles. The normalized spacial score (nSPS) is 16.2. The van der Waals surface area contributed by atoms with Crippen molar-refractivity contribution in [2.24, 2.45) is 5.92 Å². The number of carbonyl (C=O) groups is 1. The molecule has 0 saturated heterocycles. The molecule has 0 aromatic heterocycles. The van der Waals surface area contributed by atoms with Crippen molar-refractivity contribution in [2.75, 3.05) is 0 Å². The highest BCUT2D eigenvalue weighted by Crippen LogP contribution is 2.23. The van der Waals surface area contributed by atoms with Crippen molar-refractivity contribution in [3.63, 3.8) is 0 Å². The van der Waals surface area contributed by atoms with E-state index in [1.165, 1.54) is 0 Å². The third kappa shape index (κ3) is 6.89. The molecular weight excluding hydrogens is 248 g/mol. The molecule has 0 aliphatic heterocycles. The molecule has 0 bridgehead atoms. The zero-order chi connectivity index (χ0) is 14.9. The molecule has 0 aliphatic rings.